The predicted octanol–water partition coefficient (Wildman–Crippen LogP) is 4.23. The Balaban J connectivity index is 2.12. The average molecular weight is 402 g/mol. The minimum absolute atomic E-state index is 0.0319. The fourth-order valence-corrected chi connectivity index (χ4v) is 2.25. The smallest absolute Gasteiger partial charge is 0.277 e. The fraction of sp³-hybridized carbons (Fsp3) is 0.154. The Morgan fingerprint density at radius 3 is 2.70 bits per heavy atom. The van der Waals surface area contributed by atoms with Crippen LogP contribution in [0.3, 0.4) is 0 Å². The summed E-state index contributed by atoms with van der Waals surface area (Å²) in [5.41, 5.74) is 1.44. The summed E-state index contributed by atoms with van der Waals surface area (Å²) in [5.74, 6) is 0.576. The number of pyridine rings is 1. The number of nitro groups is 1. The van der Waals surface area contributed by atoms with Gasteiger partial charge in [-0.25, -0.2) is 0 Å². The zero-order valence-corrected chi connectivity index (χ0v) is 13.4. The van der Waals surface area contributed by atoms with Gasteiger partial charge in [-0.3, -0.25) is 15.1 Å². The van der Waals surface area contributed by atoms with E-state index < -0.39 is 4.92 Å². The van der Waals surface area contributed by atoms with Crippen molar-refractivity contribution in [2.45, 2.75) is 11.9 Å². The highest BCUT2D eigenvalue weighted by Crippen LogP contribution is 2.24. The van der Waals surface area contributed by atoms with Gasteiger partial charge >= 0.3 is 0 Å². The van der Waals surface area contributed by atoms with Crippen molar-refractivity contribution < 1.29 is 9.66 Å². The molecule has 2 aromatic rings. The van der Waals surface area contributed by atoms with Crippen LogP contribution >= 0.6 is 31.9 Å². The maximum absolute atomic E-state index is 11.0. The van der Waals surface area contributed by atoms with E-state index in [0.717, 1.165) is 5.69 Å². The third-order valence-corrected chi connectivity index (χ3v) is 3.64. The number of aromatic nitrogens is 1. The van der Waals surface area contributed by atoms with E-state index in [2.05, 4.69) is 36.8 Å². The number of ether oxygens (including phenoxy) is 1. The first kappa shape index (κ1) is 14.9. The molecule has 5 nitrogen and oxygen atoms in total. The van der Waals surface area contributed by atoms with Crippen LogP contribution in [0.1, 0.15) is 11.3 Å². The summed E-state index contributed by atoms with van der Waals surface area (Å²) >= 11 is 6.52. The summed E-state index contributed by atoms with van der Waals surface area (Å²) < 4.78 is 6.19. The van der Waals surface area contributed by atoms with Gasteiger partial charge in [0.2, 0.25) is 0 Å². The predicted molar refractivity (Wildman–Crippen MR) is 82.0 cm³/mol. The van der Waals surface area contributed by atoms with E-state index in [9.17, 15) is 10.1 Å². The molecule has 2 rings (SSSR count). The number of hydrogen-bond acceptors (Lipinski definition) is 4. The zero-order valence-electron chi connectivity index (χ0n) is 10.3. The summed E-state index contributed by atoms with van der Waals surface area (Å²) in [4.78, 5) is 14.7. The lowest BCUT2D eigenvalue weighted by Crippen LogP contribution is -2.01. The van der Waals surface area contributed by atoms with Crippen LogP contribution in [0.2, 0.25) is 0 Å². The van der Waals surface area contributed by atoms with E-state index in [0.29, 0.717) is 21.1 Å². The van der Waals surface area contributed by atoms with Crippen LogP contribution in [-0.4, -0.2) is 9.91 Å². The van der Waals surface area contributed by atoms with Crippen molar-refractivity contribution in [3.63, 3.8) is 0 Å². The monoisotopic (exact) mass is 400 g/mol. The molecule has 0 unspecified atom stereocenters. The largest absolute Gasteiger partial charge is 0.487 e. The minimum atomic E-state index is -0.421. The molecule has 0 N–H and O–H groups in total. The summed E-state index contributed by atoms with van der Waals surface area (Å²) in [6, 6.07) is 8.50. The summed E-state index contributed by atoms with van der Waals surface area (Å²) in [6.45, 7) is 0.124. The number of benzene rings is 1. The first-order valence-electron chi connectivity index (χ1n) is 5.66. The second-order valence-electron chi connectivity index (χ2n) is 3.94. The summed E-state index contributed by atoms with van der Waals surface area (Å²) in [5, 5.41) is 11.7. The molecule has 0 amide bonds. The van der Waals surface area contributed by atoms with Crippen LogP contribution in [0.5, 0.6) is 5.75 Å². The second kappa shape index (κ2) is 6.81. The Hall–Kier alpha value is -1.47. The normalized spacial score (nSPS) is 10.3. The number of hydrogen-bond donors (Lipinski definition) is 0. The first-order valence-corrected chi connectivity index (χ1v) is 7.58. The van der Waals surface area contributed by atoms with Gasteiger partial charge in [-0.2, -0.15) is 0 Å². The van der Waals surface area contributed by atoms with Crippen molar-refractivity contribution >= 4 is 37.5 Å². The van der Waals surface area contributed by atoms with Gasteiger partial charge in [0.15, 0.2) is 0 Å². The lowest BCUT2D eigenvalue weighted by Gasteiger charge is -2.07. The van der Waals surface area contributed by atoms with Crippen molar-refractivity contribution in [1.29, 1.82) is 0 Å². The Morgan fingerprint density at radius 2 is 2.10 bits per heavy atom. The molecule has 0 aliphatic carbocycles. The third kappa shape index (κ3) is 3.77. The summed E-state index contributed by atoms with van der Waals surface area (Å²) in [6.07, 6.45) is 1.60. The third-order valence-electron chi connectivity index (χ3n) is 2.57. The van der Waals surface area contributed by atoms with Crippen molar-refractivity contribution in [2.24, 2.45) is 0 Å². The van der Waals surface area contributed by atoms with E-state index in [4.69, 9.17) is 4.74 Å². The molecular formula is C13H10Br2N2O3. The minimum Gasteiger partial charge on any atom is -0.487 e. The van der Waals surface area contributed by atoms with Crippen molar-refractivity contribution in [3.05, 3.63) is 62.4 Å². The highest BCUT2D eigenvalue weighted by molar-refractivity contribution is 9.10. The van der Waals surface area contributed by atoms with Crippen LogP contribution < -0.4 is 4.74 Å². The Kier molecular flexibility index (Phi) is 5.08. The lowest BCUT2D eigenvalue weighted by atomic mass is 10.2. The van der Waals surface area contributed by atoms with E-state index in [-0.39, 0.29) is 12.3 Å². The molecule has 0 aliphatic rings. The molecule has 0 spiro atoms. The van der Waals surface area contributed by atoms with Gasteiger partial charge in [0, 0.05) is 15.9 Å². The Morgan fingerprint density at radius 1 is 1.30 bits per heavy atom. The van der Waals surface area contributed by atoms with Crippen molar-refractivity contribution in [3.8, 4) is 5.75 Å². The Labute approximate surface area is 132 Å². The summed E-state index contributed by atoms with van der Waals surface area (Å²) in [7, 11) is 0. The number of halogens is 2. The number of nitro benzene ring substituents is 1. The fourth-order valence-electron chi connectivity index (χ4n) is 1.57. The highest BCUT2D eigenvalue weighted by atomic mass is 79.9. The number of rotatable bonds is 5. The molecule has 0 radical (unpaired) electrons. The van der Waals surface area contributed by atoms with Crippen LogP contribution in [0, 0.1) is 10.1 Å². The average Bonchev–Trinajstić information content (AvgIpc) is 2.46. The van der Waals surface area contributed by atoms with Crippen molar-refractivity contribution in [1.82, 2.24) is 4.98 Å². The molecule has 7 heteroatoms. The molecule has 104 valence electrons. The van der Waals surface area contributed by atoms with Gasteiger partial charge in [-0.05, 0) is 24.3 Å². The molecule has 0 fully saturated rings. The van der Waals surface area contributed by atoms with Crippen LogP contribution in [0.4, 0.5) is 5.69 Å². The lowest BCUT2D eigenvalue weighted by molar-refractivity contribution is -0.385. The molecule has 1 aromatic heterocycles. The van der Waals surface area contributed by atoms with Crippen LogP contribution in [0.25, 0.3) is 0 Å². The molecule has 20 heavy (non-hydrogen) atoms. The molecule has 0 atom stereocenters. The number of nitrogens with zero attached hydrogens (tertiary/aromatic N) is 2. The first-order chi connectivity index (χ1) is 9.60. The zero-order chi connectivity index (χ0) is 14.5. The molecule has 0 bridgehead atoms. The second-order valence-corrected chi connectivity index (χ2v) is 5.41. The molecular weight excluding hydrogens is 392 g/mol. The molecule has 1 heterocycles. The van der Waals surface area contributed by atoms with Crippen molar-refractivity contribution in [2.75, 3.05) is 0 Å². The van der Waals surface area contributed by atoms with Gasteiger partial charge in [0.1, 0.15) is 12.4 Å². The van der Waals surface area contributed by atoms with E-state index in [1.54, 1.807) is 24.4 Å². The molecule has 0 saturated carbocycles. The highest BCUT2D eigenvalue weighted by Gasteiger charge is 2.14. The van der Waals surface area contributed by atoms with Gasteiger partial charge in [-0.1, -0.05) is 31.9 Å². The van der Waals surface area contributed by atoms with Gasteiger partial charge < -0.3 is 4.74 Å². The quantitative estimate of drug-likeness (QED) is 0.427. The van der Waals surface area contributed by atoms with E-state index in [1.165, 1.54) is 6.07 Å². The van der Waals surface area contributed by atoms with Gasteiger partial charge in [0.25, 0.3) is 5.69 Å². The molecule has 0 saturated heterocycles. The van der Waals surface area contributed by atoms with Gasteiger partial charge in [-0.15, -0.1) is 0 Å². The Bertz CT molecular complexity index is 618. The van der Waals surface area contributed by atoms with E-state index >= 15 is 0 Å². The standard InChI is InChI=1S/C13H10Br2N2O3/c14-6-11-3-4-12(7-16-11)20-8-9-1-2-10(15)5-13(9)17(18)19/h1-5,7H,6,8H2. The molecule has 1 aromatic carbocycles. The van der Waals surface area contributed by atoms with Gasteiger partial charge in [0.05, 0.1) is 22.4 Å². The van der Waals surface area contributed by atoms with Crippen LogP contribution in [-0.2, 0) is 11.9 Å². The maximum atomic E-state index is 11.0. The van der Waals surface area contributed by atoms with Crippen LogP contribution in [0.15, 0.2) is 41.0 Å². The topological polar surface area (TPSA) is 65.3 Å². The maximum Gasteiger partial charge on any atom is 0.277 e. The molecule has 0 aliphatic heterocycles. The van der Waals surface area contributed by atoms with E-state index in [1.807, 2.05) is 6.07 Å². The SMILES string of the molecule is O=[N+]([O-])c1cc(Br)ccc1COc1ccc(CBr)nc1. The number of alkyl halides is 1.